The Kier molecular flexibility index (Phi) is 54.5. The average Bonchev–Trinajstić information content (AvgIpc) is 3.33. The minimum Gasteiger partial charge on any atom is -0.300 e. The van der Waals surface area contributed by atoms with E-state index in [1.54, 1.807) is 6.92 Å². The molecule has 2 aromatic carbocycles. The van der Waals surface area contributed by atoms with Gasteiger partial charge in [0.05, 0.1) is 0 Å². The monoisotopic (exact) mass is 866 g/mol. The van der Waals surface area contributed by atoms with Crippen molar-refractivity contribution < 1.29 is 173 Å². The summed E-state index contributed by atoms with van der Waals surface area (Å²) >= 11 is 0. The fourth-order valence-corrected chi connectivity index (χ4v) is 2.57. The van der Waals surface area contributed by atoms with Crippen LogP contribution in [0.2, 0.25) is 0 Å². The third kappa shape index (κ3) is 24.6. The van der Waals surface area contributed by atoms with Gasteiger partial charge in [-0.25, -0.2) is 0 Å². The Morgan fingerprint density at radius 2 is 1.19 bits per heavy atom. The van der Waals surface area contributed by atoms with Gasteiger partial charge in [0.2, 0.25) is 0 Å². The summed E-state index contributed by atoms with van der Waals surface area (Å²) in [5.74, 6) is 0.190. The first-order valence-electron chi connectivity index (χ1n) is 11.1. The van der Waals surface area contributed by atoms with Crippen LogP contribution in [-0.2, 0) is 168 Å². The van der Waals surface area contributed by atoms with Crippen molar-refractivity contribution in [2.24, 2.45) is 0 Å². The average molecular weight is 866 g/mol. The predicted molar refractivity (Wildman–Crippen MR) is 136 cm³/mol. The molecule has 0 unspecified atom stereocenters. The van der Waals surface area contributed by atoms with Gasteiger partial charge < -0.3 is 4.79 Å². The number of ketones is 1. The van der Waals surface area contributed by atoms with Crippen molar-refractivity contribution in [1.29, 1.82) is 0 Å². The quantitative estimate of drug-likeness (QED) is 0.227. The van der Waals surface area contributed by atoms with Crippen LogP contribution in [0.25, 0.3) is 0 Å². The largest absolute Gasteiger partial charge is 0.300 e. The Balaban J connectivity index is -0.0000000630. The van der Waals surface area contributed by atoms with Crippen molar-refractivity contribution in [1.82, 2.24) is 0 Å². The molecule has 2 nitrogen and oxygen atoms in total. The van der Waals surface area contributed by atoms with E-state index in [0.29, 0.717) is 0 Å². The minimum absolute atomic E-state index is 0. The molecule has 0 bridgehead atoms. The first-order valence-corrected chi connectivity index (χ1v) is 11.1. The third-order valence-corrected chi connectivity index (χ3v) is 4.59. The standard InChI is InChI=1S/C11H13O.C7H8O.C7H8.2C2H6.5Y/c1-7-5-8(2)10(4)11(6-12)9(7)3;1-6(8)7-4-2-3-5-7;1-7-5-3-2-4-6-7;2*1-2;;;;;/h6H,1-4H3;2-4H,5H2,1H3;2-6H,1H3;2*1-2H3;;;;;/q-1;;;;;;;;;. The molecule has 3 rings (SSSR count). The fourth-order valence-electron chi connectivity index (χ4n) is 2.57. The van der Waals surface area contributed by atoms with Crippen LogP contribution >= 0.6 is 0 Å². The topological polar surface area (TPSA) is 34.1 Å². The first kappa shape index (κ1) is 54.8. The van der Waals surface area contributed by atoms with E-state index < -0.39 is 0 Å². The number of aldehydes is 1. The molecular weight excluding hydrogens is 825 g/mol. The summed E-state index contributed by atoms with van der Waals surface area (Å²) in [4.78, 5) is 21.3. The normalized spacial score (nSPS) is 9.00. The van der Waals surface area contributed by atoms with E-state index in [9.17, 15) is 9.59 Å². The van der Waals surface area contributed by atoms with Crippen LogP contribution in [0.15, 0.2) is 54.1 Å². The second kappa shape index (κ2) is 35.8. The van der Waals surface area contributed by atoms with Crippen LogP contribution in [0.5, 0.6) is 0 Å². The smallest absolute Gasteiger partial charge is 0.156 e. The summed E-state index contributed by atoms with van der Waals surface area (Å²) < 4.78 is 0. The molecule has 5 radical (unpaired) electrons. The summed E-state index contributed by atoms with van der Waals surface area (Å²) in [6.07, 6.45) is 7.52. The predicted octanol–water partition coefficient (Wildman–Crippen LogP) is 8.03. The molecule has 0 N–H and O–H groups in total. The summed E-state index contributed by atoms with van der Waals surface area (Å²) in [6, 6.07) is 13.5. The van der Waals surface area contributed by atoms with Gasteiger partial charge in [0.1, 0.15) is 6.29 Å². The molecule has 0 saturated carbocycles. The Morgan fingerprint density at radius 1 is 0.778 bits per heavy atom. The molecule has 0 saturated heterocycles. The first-order chi connectivity index (χ1) is 14.8. The van der Waals surface area contributed by atoms with Gasteiger partial charge in [-0.2, -0.15) is 17.2 Å². The van der Waals surface area contributed by atoms with E-state index in [1.807, 2.05) is 91.8 Å². The van der Waals surface area contributed by atoms with E-state index in [1.165, 1.54) is 5.56 Å². The van der Waals surface area contributed by atoms with Crippen LogP contribution in [0, 0.1) is 40.7 Å². The summed E-state index contributed by atoms with van der Waals surface area (Å²) in [5, 5.41) is 0. The summed E-state index contributed by atoms with van der Waals surface area (Å²) in [7, 11) is 0. The molecule has 1 aliphatic carbocycles. The van der Waals surface area contributed by atoms with Crippen molar-refractivity contribution >= 4 is 12.1 Å². The van der Waals surface area contributed by atoms with Gasteiger partial charge in [0.15, 0.2) is 5.78 Å². The molecule has 7 heteroatoms. The fraction of sp³-hybridized carbons (Fsp3) is 0.379. The SMILES string of the molecule is CC.CC.CC(=O)C1=CC=CC1.Cc1[c-]c(C)c(C)c(C=O)c1C.Cc1ccccc1.[Y].[Y].[Y].[Y].[Y]. The van der Waals surface area contributed by atoms with E-state index >= 15 is 0 Å². The van der Waals surface area contributed by atoms with Crippen LogP contribution in [0.3, 0.4) is 0 Å². The number of aryl methyl sites for hydroxylation is 3. The van der Waals surface area contributed by atoms with Gasteiger partial charge in [-0.15, -0.1) is 11.1 Å². The summed E-state index contributed by atoms with van der Waals surface area (Å²) in [5.41, 5.74) is 7.30. The van der Waals surface area contributed by atoms with Crippen LogP contribution in [0.4, 0.5) is 0 Å². The van der Waals surface area contributed by atoms with Gasteiger partial charge in [0.25, 0.3) is 0 Å². The van der Waals surface area contributed by atoms with Crippen molar-refractivity contribution in [3.8, 4) is 0 Å². The molecule has 2 aromatic rings. The zero-order valence-electron chi connectivity index (χ0n) is 24.1. The second-order valence-electron chi connectivity index (χ2n) is 6.69. The maximum atomic E-state index is 10.7. The van der Waals surface area contributed by atoms with Crippen molar-refractivity contribution in [2.75, 3.05) is 0 Å². The van der Waals surface area contributed by atoms with Crippen molar-refractivity contribution in [3.63, 3.8) is 0 Å². The summed E-state index contributed by atoms with van der Waals surface area (Å²) in [6.45, 7) is 19.6. The van der Waals surface area contributed by atoms with Crippen LogP contribution in [0.1, 0.15) is 79.2 Å². The molecule has 0 aliphatic heterocycles. The van der Waals surface area contributed by atoms with Gasteiger partial charge in [-0.3, -0.25) is 4.79 Å². The Labute approximate surface area is 348 Å². The molecule has 0 heterocycles. The molecular formula is C29H41O2Y5-. The number of carbonyl (C=O) groups is 2. The Morgan fingerprint density at radius 3 is 1.42 bits per heavy atom. The minimum atomic E-state index is 0. The van der Waals surface area contributed by atoms with Gasteiger partial charge >= 0.3 is 0 Å². The van der Waals surface area contributed by atoms with Crippen LogP contribution in [-0.4, -0.2) is 12.1 Å². The number of benzene rings is 2. The molecule has 0 aromatic heterocycles. The number of hydrogen-bond donors (Lipinski definition) is 0. The number of Topliss-reactive ketones (excluding diaryl/α,β-unsaturated/α-hetero) is 1. The molecule has 36 heavy (non-hydrogen) atoms. The number of rotatable bonds is 2. The van der Waals surface area contributed by atoms with Crippen molar-refractivity contribution in [3.05, 3.63) is 93.6 Å². The van der Waals surface area contributed by atoms with Gasteiger partial charge in [0, 0.05) is 164 Å². The van der Waals surface area contributed by atoms with E-state index in [0.717, 1.165) is 46.1 Å². The molecule has 0 spiro atoms. The second-order valence-corrected chi connectivity index (χ2v) is 6.69. The molecule has 0 amide bonds. The molecule has 185 valence electrons. The molecule has 1 aliphatic rings. The zero-order valence-corrected chi connectivity index (χ0v) is 38.3. The zero-order chi connectivity index (χ0) is 24.4. The Hall–Kier alpha value is 2.78. The number of carbonyl (C=O) groups excluding carboxylic acids is 2. The van der Waals surface area contributed by atoms with E-state index in [-0.39, 0.29) is 169 Å². The number of allylic oxidation sites excluding steroid dienone is 4. The Bertz CT molecular complexity index is 835. The van der Waals surface area contributed by atoms with Crippen LogP contribution < -0.4 is 0 Å². The maximum Gasteiger partial charge on any atom is 0.156 e. The molecule has 0 fully saturated rings. The maximum absolute atomic E-state index is 10.7. The number of hydrogen-bond acceptors (Lipinski definition) is 2. The van der Waals surface area contributed by atoms with E-state index in [2.05, 4.69) is 25.1 Å². The molecule has 0 atom stereocenters. The van der Waals surface area contributed by atoms with E-state index in [4.69, 9.17) is 0 Å². The van der Waals surface area contributed by atoms with Gasteiger partial charge in [-0.1, -0.05) is 115 Å². The van der Waals surface area contributed by atoms with Gasteiger partial charge in [-0.05, 0) is 25.8 Å². The van der Waals surface area contributed by atoms with Crippen molar-refractivity contribution in [2.45, 2.75) is 75.7 Å². The third-order valence-electron chi connectivity index (χ3n) is 4.59.